The van der Waals surface area contributed by atoms with Crippen LogP contribution in [0.5, 0.6) is 0 Å². The largest absolute Gasteiger partial charge is 0.384 e. The van der Waals surface area contributed by atoms with Crippen molar-refractivity contribution < 1.29 is 4.74 Å². The van der Waals surface area contributed by atoms with E-state index in [9.17, 15) is 0 Å². The van der Waals surface area contributed by atoms with Gasteiger partial charge in [0.1, 0.15) is 0 Å². The second-order valence-corrected chi connectivity index (χ2v) is 4.95. The van der Waals surface area contributed by atoms with Crippen LogP contribution in [-0.4, -0.2) is 44.3 Å². The molecule has 1 aliphatic heterocycles. The Morgan fingerprint density at radius 2 is 2.16 bits per heavy atom. The summed E-state index contributed by atoms with van der Waals surface area (Å²) in [6, 6.07) is 7.39. The zero-order chi connectivity index (χ0) is 13.5. The molecule has 0 spiro atoms. The molecule has 1 aromatic carbocycles. The maximum absolute atomic E-state index is 8.77. The monoisotopic (exact) mass is 279 g/mol. The summed E-state index contributed by atoms with van der Waals surface area (Å²) in [5.41, 5.74) is 1.48. The van der Waals surface area contributed by atoms with E-state index in [0.717, 1.165) is 51.5 Å². The minimum atomic E-state index is 0.587. The quantitative estimate of drug-likeness (QED) is 0.841. The molecule has 2 rings (SSSR count). The van der Waals surface area contributed by atoms with Gasteiger partial charge < -0.3 is 10.1 Å². The van der Waals surface area contributed by atoms with Crippen LogP contribution in [-0.2, 0) is 4.74 Å². The molecule has 5 heteroatoms. The summed E-state index contributed by atoms with van der Waals surface area (Å²) in [6.45, 7) is 5.69. The van der Waals surface area contributed by atoms with Crippen LogP contribution in [0.15, 0.2) is 18.2 Å². The van der Waals surface area contributed by atoms with Crippen molar-refractivity contribution in [3.05, 3.63) is 28.8 Å². The number of benzene rings is 1. The Balaban J connectivity index is 1.72. The normalized spacial score (nSPS) is 16.0. The SMILES string of the molecule is N#Cc1ccc(NCCCN2CCOCC2)c(Cl)c1. The van der Waals surface area contributed by atoms with E-state index in [1.807, 2.05) is 6.07 Å². The summed E-state index contributed by atoms with van der Waals surface area (Å²) < 4.78 is 5.31. The maximum Gasteiger partial charge on any atom is 0.0992 e. The van der Waals surface area contributed by atoms with Gasteiger partial charge in [-0.2, -0.15) is 5.26 Å². The van der Waals surface area contributed by atoms with E-state index < -0.39 is 0 Å². The van der Waals surface area contributed by atoms with Gasteiger partial charge in [-0.1, -0.05) is 11.6 Å². The number of halogens is 1. The molecular formula is C14H18ClN3O. The Hall–Kier alpha value is -1.28. The molecule has 0 amide bonds. The molecule has 1 heterocycles. The van der Waals surface area contributed by atoms with Gasteiger partial charge in [0.05, 0.1) is 35.6 Å². The maximum atomic E-state index is 8.77. The molecule has 0 aromatic heterocycles. The summed E-state index contributed by atoms with van der Waals surface area (Å²) in [4.78, 5) is 2.41. The fourth-order valence-electron chi connectivity index (χ4n) is 2.08. The minimum absolute atomic E-state index is 0.587. The smallest absolute Gasteiger partial charge is 0.0992 e. The van der Waals surface area contributed by atoms with Gasteiger partial charge in [-0.15, -0.1) is 0 Å². The number of ether oxygens (including phenoxy) is 1. The standard InChI is InChI=1S/C14H18ClN3O/c15-13-10-12(11-16)2-3-14(13)17-4-1-5-18-6-8-19-9-7-18/h2-3,10,17H,1,4-9H2. The van der Waals surface area contributed by atoms with Gasteiger partial charge in [0.15, 0.2) is 0 Å². The van der Waals surface area contributed by atoms with Crippen molar-refractivity contribution in [2.45, 2.75) is 6.42 Å². The van der Waals surface area contributed by atoms with E-state index in [2.05, 4.69) is 16.3 Å². The van der Waals surface area contributed by atoms with Crippen molar-refractivity contribution in [2.75, 3.05) is 44.7 Å². The Labute approximate surface area is 118 Å². The fourth-order valence-corrected chi connectivity index (χ4v) is 2.33. The summed E-state index contributed by atoms with van der Waals surface area (Å²) in [6.07, 6.45) is 1.07. The number of anilines is 1. The molecule has 0 radical (unpaired) electrons. The first-order valence-corrected chi connectivity index (χ1v) is 6.91. The van der Waals surface area contributed by atoms with Gasteiger partial charge in [0.2, 0.25) is 0 Å². The Morgan fingerprint density at radius 1 is 1.37 bits per heavy atom. The van der Waals surface area contributed by atoms with Crippen LogP contribution in [0.3, 0.4) is 0 Å². The number of morpholine rings is 1. The Morgan fingerprint density at radius 3 is 2.84 bits per heavy atom. The van der Waals surface area contributed by atoms with Crippen molar-refractivity contribution in [2.24, 2.45) is 0 Å². The predicted molar refractivity (Wildman–Crippen MR) is 76.5 cm³/mol. The molecular weight excluding hydrogens is 262 g/mol. The van der Waals surface area contributed by atoms with Crippen LogP contribution in [0.25, 0.3) is 0 Å². The van der Waals surface area contributed by atoms with Crippen molar-refractivity contribution >= 4 is 17.3 Å². The van der Waals surface area contributed by atoms with Gasteiger partial charge >= 0.3 is 0 Å². The van der Waals surface area contributed by atoms with E-state index in [0.29, 0.717) is 10.6 Å². The molecule has 0 atom stereocenters. The number of nitrogens with zero attached hydrogens (tertiary/aromatic N) is 2. The van der Waals surface area contributed by atoms with E-state index >= 15 is 0 Å². The molecule has 0 saturated carbocycles. The highest BCUT2D eigenvalue weighted by Crippen LogP contribution is 2.22. The summed E-state index contributed by atoms with van der Waals surface area (Å²) in [5, 5.41) is 12.7. The van der Waals surface area contributed by atoms with Gasteiger partial charge in [0, 0.05) is 19.6 Å². The van der Waals surface area contributed by atoms with Crippen molar-refractivity contribution in [1.82, 2.24) is 4.90 Å². The lowest BCUT2D eigenvalue weighted by atomic mass is 10.2. The number of nitrogens with one attached hydrogen (secondary N) is 1. The third-order valence-electron chi connectivity index (χ3n) is 3.17. The molecule has 0 aliphatic carbocycles. The van der Waals surface area contributed by atoms with Crippen LogP contribution in [0.4, 0.5) is 5.69 Å². The Kier molecular flexibility index (Phi) is 5.46. The van der Waals surface area contributed by atoms with E-state index in [-0.39, 0.29) is 0 Å². The summed E-state index contributed by atoms with van der Waals surface area (Å²) in [7, 11) is 0. The van der Waals surface area contributed by atoms with E-state index in [1.165, 1.54) is 0 Å². The zero-order valence-corrected chi connectivity index (χ0v) is 11.6. The highest BCUT2D eigenvalue weighted by molar-refractivity contribution is 6.33. The molecule has 1 aromatic rings. The van der Waals surface area contributed by atoms with Gasteiger partial charge in [0.25, 0.3) is 0 Å². The third kappa shape index (κ3) is 4.39. The first-order valence-electron chi connectivity index (χ1n) is 6.53. The average molecular weight is 280 g/mol. The van der Waals surface area contributed by atoms with Gasteiger partial charge in [-0.3, -0.25) is 4.90 Å². The molecule has 1 fully saturated rings. The summed E-state index contributed by atoms with van der Waals surface area (Å²) >= 11 is 6.10. The Bertz CT molecular complexity index is 452. The number of rotatable bonds is 5. The zero-order valence-electron chi connectivity index (χ0n) is 10.9. The van der Waals surface area contributed by atoms with Gasteiger partial charge in [-0.05, 0) is 31.2 Å². The van der Waals surface area contributed by atoms with Crippen LogP contribution in [0.1, 0.15) is 12.0 Å². The van der Waals surface area contributed by atoms with Crippen molar-refractivity contribution in [3.8, 4) is 6.07 Å². The van der Waals surface area contributed by atoms with Gasteiger partial charge in [-0.25, -0.2) is 0 Å². The fraction of sp³-hybridized carbons (Fsp3) is 0.500. The van der Waals surface area contributed by atoms with Crippen molar-refractivity contribution in [3.63, 3.8) is 0 Å². The topological polar surface area (TPSA) is 48.3 Å². The van der Waals surface area contributed by atoms with E-state index in [1.54, 1.807) is 12.1 Å². The molecule has 102 valence electrons. The molecule has 4 nitrogen and oxygen atoms in total. The molecule has 19 heavy (non-hydrogen) atoms. The van der Waals surface area contributed by atoms with Crippen molar-refractivity contribution in [1.29, 1.82) is 5.26 Å². The lowest BCUT2D eigenvalue weighted by molar-refractivity contribution is 0.0378. The molecule has 0 unspecified atom stereocenters. The first kappa shape index (κ1) is 14.1. The lowest BCUT2D eigenvalue weighted by Gasteiger charge is -2.26. The van der Waals surface area contributed by atoms with Crippen LogP contribution in [0, 0.1) is 11.3 Å². The average Bonchev–Trinajstić information content (AvgIpc) is 2.46. The second kappa shape index (κ2) is 7.34. The highest BCUT2D eigenvalue weighted by atomic mass is 35.5. The number of nitriles is 1. The van der Waals surface area contributed by atoms with Crippen LogP contribution >= 0.6 is 11.6 Å². The molecule has 0 bridgehead atoms. The predicted octanol–water partition coefficient (Wildman–Crippen LogP) is 2.35. The van der Waals surface area contributed by atoms with Crippen LogP contribution in [0.2, 0.25) is 5.02 Å². The molecule has 1 aliphatic rings. The minimum Gasteiger partial charge on any atom is -0.384 e. The van der Waals surface area contributed by atoms with Crippen LogP contribution < -0.4 is 5.32 Å². The first-order chi connectivity index (χ1) is 9.29. The van der Waals surface area contributed by atoms with E-state index in [4.69, 9.17) is 21.6 Å². The molecule has 1 N–H and O–H groups in total. The number of hydrogen-bond acceptors (Lipinski definition) is 4. The molecule has 1 saturated heterocycles. The second-order valence-electron chi connectivity index (χ2n) is 4.54. The highest BCUT2D eigenvalue weighted by Gasteiger charge is 2.09. The summed E-state index contributed by atoms with van der Waals surface area (Å²) in [5.74, 6) is 0. The third-order valence-corrected chi connectivity index (χ3v) is 3.48. The lowest BCUT2D eigenvalue weighted by Crippen LogP contribution is -2.37. The number of hydrogen-bond donors (Lipinski definition) is 1.